The fourth-order valence-electron chi connectivity index (χ4n) is 4.15. The second-order valence-corrected chi connectivity index (χ2v) is 9.89. The molecule has 2 aromatic rings. The van der Waals surface area contributed by atoms with Gasteiger partial charge in [0.15, 0.2) is 11.6 Å². The van der Waals surface area contributed by atoms with E-state index in [1.54, 1.807) is 18.2 Å². The summed E-state index contributed by atoms with van der Waals surface area (Å²) in [7, 11) is 0. The highest BCUT2D eigenvalue weighted by atomic mass is 35.5. The normalized spacial score (nSPS) is 19.1. The smallest absolute Gasteiger partial charge is 0.306 e. The first-order valence-electron chi connectivity index (χ1n) is 12.5. The van der Waals surface area contributed by atoms with Gasteiger partial charge in [-0.3, -0.25) is 14.4 Å². The molecule has 8 nitrogen and oxygen atoms in total. The van der Waals surface area contributed by atoms with Crippen molar-refractivity contribution in [2.45, 2.75) is 44.6 Å². The molecule has 2 amide bonds. The maximum atomic E-state index is 14.5. The largest absolute Gasteiger partial charge is 0.492 e. The lowest BCUT2D eigenvalue weighted by Gasteiger charge is -2.27. The first kappa shape index (κ1) is 26.7. The van der Waals surface area contributed by atoms with E-state index in [2.05, 4.69) is 10.6 Å². The fourth-order valence-corrected chi connectivity index (χ4v) is 4.39. The Labute approximate surface area is 219 Å². The van der Waals surface area contributed by atoms with Crippen LogP contribution in [0.1, 0.15) is 59.2 Å². The average molecular weight is 533 g/mol. The fraction of sp³-hybridized carbons (Fsp3) is 0.444. The highest BCUT2D eigenvalue weighted by Gasteiger charge is 2.27. The number of carbonyl (C=O) groups is 3. The van der Waals surface area contributed by atoms with E-state index in [-0.39, 0.29) is 42.3 Å². The highest BCUT2D eigenvalue weighted by Crippen LogP contribution is 2.32. The van der Waals surface area contributed by atoms with Gasteiger partial charge in [0.05, 0.1) is 23.7 Å². The maximum Gasteiger partial charge on any atom is 0.306 e. The molecule has 2 aromatic carbocycles. The molecule has 2 aliphatic rings. The number of hydrogen-bond acceptors (Lipinski definition) is 5. The van der Waals surface area contributed by atoms with Gasteiger partial charge in [0.25, 0.3) is 11.8 Å². The van der Waals surface area contributed by atoms with Gasteiger partial charge in [-0.2, -0.15) is 0 Å². The highest BCUT2D eigenvalue weighted by molar-refractivity contribution is 6.32. The van der Waals surface area contributed by atoms with Gasteiger partial charge in [-0.15, -0.1) is 0 Å². The summed E-state index contributed by atoms with van der Waals surface area (Å²) in [5.74, 6) is -1.51. The molecule has 10 heteroatoms. The van der Waals surface area contributed by atoms with Crippen LogP contribution < -0.4 is 20.1 Å². The van der Waals surface area contributed by atoms with E-state index < -0.39 is 17.7 Å². The Morgan fingerprint density at radius 3 is 2.03 bits per heavy atom. The van der Waals surface area contributed by atoms with Gasteiger partial charge >= 0.3 is 5.97 Å². The lowest BCUT2D eigenvalue weighted by Crippen LogP contribution is -2.34. The van der Waals surface area contributed by atoms with Gasteiger partial charge in [-0.05, 0) is 80.8 Å². The zero-order chi connectivity index (χ0) is 26.4. The summed E-state index contributed by atoms with van der Waals surface area (Å²) < 4.78 is 25.9. The van der Waals surface area contributed by atoms with E-state index in [0.29, 0.717) is 54.5 Å². The lowest BCUT2D eigenvalue weighted by molar-refractivity contribution is -0.143. The average Bonchev–Trinajstić information content (AvgIpc) is 3.71. The number of carboxylic acid groups (broad SMARTS) is 1. The summed E-state index contributed by atoms with van der Waals surface area (Å²) in [6.07, 6.45) is 4.14. The number of ether oxygens (including phenoxy) is 2. The Bertz CT molecular complexity index is 1150. The molecule has 2 saturated carbocycles. The van der Waals surface area contributed by atoms with Crippen molar-refractivity contribution in [3.63, 3.8) is 0 Å². The van der Waals surface area contributed by atoms with E-state index >= 15 is 0 Å². The van der Waals surface area contributed by atoms with Crippen LogP contribution in [0, 0.1) is 17.7 Å². The Kier molecular flexibility index (Phi) is 8.87. The van der Waals surface area contributed by atoms with Crippen molar-refractivity contribution in [2.75, 3.05) is 19.7 Å². The quantitative estimate of drug-likeness (QED) is 0.368. The molecule has 3 N–H and O–H groups in total. The van der Waals surface area contributed by atoms with E-state index in [1.807, 2.05) is 0 Å². The molecule has 198 valence electrons. The van der Waals surface area contributed by atoms with Gasteiger partial charge in [0.2, 0.25) is 0 Å². The molecule has 0 unspecified atom stereocenters. The molecule has 0 saturated heterocycles. The number of amides is 2. The van der Waals surface area contributed by atoms with E-state index in [0.717, 1.165) is 6.07 Å². The molecule has 0 atom stereocenters. The second kappa shape index (κ2) is 12.3. The Hall–Kier alpha value is -3.33. The van der Waals surface area contributed by atoms with Crippen LogP contribution in [0.5, 0.6) is 11.5 Å². The number of rotatable bonds is 11. The van der Waals surface area contributed by atoms with Gasteiger partial charge in [-0.25, -0.2) is 4.39 Å². The summed E-state index contributed by atoms with van der Waals surface area (Å²) >= 11 is 6.22. The van der Waals surface area contributed by atoms with Crippen LogP contribution in [0.4, 0.5) is 4.39 Å². The standard InChI is InChI=1S/C27H30ClFN2O6/c28-21-13-18(5-9-23(21)36-15-16-1-2-16)25(32)30-11-12-31-26(33)19-6-10-24(22(29)14-19)37-20-7-3-17(4-8-20)27(34)35/h5-6,9-10,13-14,16-17,20H,1-4,7-8,11-12,15H2,(H,30,32)(H,31,33)(H,34,35)/t17-,20+. The van der Waals surface area contributed by atoms with E-state index in [4.69, 9.17) is 26.2 Å². The molecule has 0 radical (unpaired) electrons. The van der Waals surface area contributed by atoms with E-state index in [1.165, 1.54) is 25.0 Å². The van der Waals surface area contributed by atoms with Crippen LogP contribution in [0.2, 0.25) is 5.02 Å². The molecule has 0 spiro atoms. The monoisotopic (exact) mass is 532 g/mol. The first-order chi connectivity index (χ1) is 17.8. The summed E-state index contributed by atoms with van der Waals surface area (Å²) in [5.41, 5.74) is 0.503. The summed E-state index contributed by atoms with van der Waals surface area (Å²) in [4.78, 5) is 35.8. The van der Waals surface area contributed by atoms with Crippen LogP contribution in [-0.2, 0) is 4.79 Å². The number of halogens is 2. The minimum Gasteiger partial charge on any atom is -0.492 e. The Balaban J connectivity index is 1.19. The third-order valence-corrected chi connectivity index (χ3v) is 6.87. The molecular weight excluding hydrogens is 503 g/mol. The predicted octanol–water partition coefficient (Wildman–Crippen LogP) is 4.45. The van der Waals surface area contributed by atoms with Crippen molar-refractivity contribution < 1.29 is 33.4 Å². The lowest BCUT2D eigenvalue weighted by atomic mass is 9.87. The topological polar surface area (TPSA) is 114 Å². The molecule has 0 aliphatic heterocycles. The zero-order valence-electron chi connectivity index (χ0n) is 20.3. The number of nitrogens with one attached hydrogen (secondary N) is 2. The van der Waals surface area contributed by atoms with Crippen molar-refractivity contribution in [1.82, 2.24) is 10.6 Å². The van der Waals surface area contributed by atoms with Crippen molar-refractivity contribution >= 4 is 29.4 Å². The minimum absolute atomic E-state index is 0.0326. The molecule has 37 heavy (non-hydrogen) atoms. The number of carbonyl (C=O) groups excluding carboxylic acids is 2. The minimum atomic E-state index is -0.813. The number of carboxylic acids is 1. The van der Waals surface area contributed by atoms with Gasteiger partial charge < -0.3 is 25.2 Å². The number of benzene rings is 2. The van der Waals surface area contributed by atoms with E-state index in [9.17, 15) is 18.8 Å². The molecule has 0 heterocycles. The SMILES string of the molecule is O=C(NCCNC(=O)c1ccc(OCC2CC2)c(Cl)c1)c1ccc(O[C@H]2CC[C@@H](C(=O)O)CC2)c(F)c1. The van der Waals surface area contributed by atoms with Gasteiger partial charge in [-0.1, -0.05) is 11.6 Å². The van der Waals surface area contributed by atoms with Crippen LogP contribution >= 0.6 is 11.6 Å². The Morgan fingerprint density at radius 1 is 0.892 bits per heavy atom. The van der Waals surface area contributed by atoms with Crippen LogP contribution in [-0.4, -0.2) is 48.7 Å². The Morgan fingerprint density at radius 2 is 1.49 bits per heavy atom. The third-order valence-electron chi connectivity index (χ3n) is 6.57. The summed E-state index contributed by atoms with van der Waals surface area (Å²) in [6, 6.07) is 8.81. The van der Waals surface area contributed by atoms with Crippen LogP contribution in [0.3, 0.4) is 0 Å². The molecule has 2 aliphatic carbocycles. The summed E-state index contributed by atoms with van der Waals surface area (Å²) in [5, 5.41) is 14.8. The van der Waals surface area contributed by atoms with Crippen molar-refractivity contribution in [3.05, 3.63) is 58.4 Å². The van der Waals surface area contributed by atoms with Gasteiger partial charge in [0.1, 0.15) is 5.75 Å². The zero-order valence-corrected chi connectivity index (χ0v) is 21.1. The van der Waals surface area contributed by atoms with Crippen molar-refractivity contribution in [3.8, 4) is 11.5 Å². The third kappa shape index (κ3) is 7.58. The van der Waals surface area contributed by atoms with Crippen molar-refractivity contribution in [2.24, 2.45) is 11.8 Å². The van der Waals surface area contributed by atoms with Crippen LogP contribution in [0.25, 0.3) is 0 Å². The van der Waals surface area contributed by atoms with Crippen LogP contribution in [0.15, 0.2) is 36.4 Å². The summed E-state index contributed by atoms with van der Waals surface area (Å²) in [6.45, 7) is 0.943. The predicted molar refractivity (Wildman–Crippen MR) is 135 cm³/mol. The molecule has 2 fully saturated rings. The number of aliphatic carboxylic acids is 1. The first-order valence-corrected chi connectivity index (χ1v) is 12.9. The molecule has 4 rings (SSSR count). The van der Waals surface area contributed by atoms with Gasteiger partial charge in [0, 0.05) is 24.2 Å². The van der Waals surface area contributed by atoms with Crippen molar-refractivity contribution in [1.29, 1.82) is 0 Å². The maximum absolute atomic E-state index is 14.5. The second-order valence-electron chi connectivity index (χ2n) is 9.49. The molecule has 0 aromatic heterocycles. The number of hydrogen-bond donors (Lipinski definition) is 3. The molecular formula is C27H30ClFN2O6. The molecule has 0 bridgehead atoms.